The maximum atomic E-state index is 5.41. The first-order valence-electron chi connectivity index (χ1n) is 6.56. The summed E-state index contributed by atoms with van der Waals surface area (Å²) < 4.78 is 5.41. The molecule has 0 saturated heterocycles. The number of anilines is 1. The van der Waals surface area contributed by atoms with Gasteiger partial charge in [0.1, 0.15) is 0 Å². The molecule has 1 aliphatic rings. The number of nitrogens with one attached hydrogen (secondary N) is 2. The van der Waals surface area contributed by atoms with Gasteiger partial charge in [0.25, 0.3) is 0 Å². The zero-order chi connectivity index (χ0) is 12.8. The molecule has 0 aromatic heterocycles. The van der Waals surface area contributed by atoms with Crippen LogP contribution in [0.3, 0.4) is 0 Å². The van der Waals surface area contributed by atoms with E-state index in [2.05, 4.69) is 47.7 Å². The molecule has 0 fully saturated rings. The quantitative estimate of drug-likeness (QED) is 0.786. The van der Waals surface area contributed by atoms with Crippen molar-refractivity contribution in [3.05, 3.63) is 29.8 Å². The number of hydrogen-bond acceptors (Lipinski definition) is 2. The summed E-state index contributed by atoms with van der Waals surface area (Å²) in [5, 5.41) is 6.65. The highest BCUT2D eigenvalue weighted by Crippen LogP contribution is 2.25. The molecule has 4 nitrogen and oxygen atoms in total. The Hall–Kier alpha value is -1.55. The Kier molecular flexibility index (Phi) is 4.59. The number of guanidine groups is 1. The van der Waals surface area contributed by atoms with Crippen LogP contribution >= 0.6 is 0 Å². The molecule has 2 N–H and O–H groups in total. The first-order chi connectivity index (χ1) is 8.81. The average Bonchev–Trinajstić information content (AvgIpc) is 2.39. The van der Waals surface area contributed by atoms with E-state index in [-0.39, 0.29) is 6.04 Å². The first-order valence-corrected chi connectivity index (χ1v) is 6.56. The number of nitrogens with zero attached hydrogens (tertiary/aromatic N) is 1. The summed E-state index contributed by atoms with van der Waals surface area (Å²) in [4.78, 5) is 4.47. The second-order valence-electron chi connectivity index (χ2n) is 4.42. The van der Waals surface area contributed by atoms with E-state index in [1.54, 1.807) is 0 Å². The SMILES string of the molecule is CCCOCCN=C1Nc2ccccc2C(C)N1. The number of fused-ring (bicyclic) bond motifs is 1. The minimum atomic E-state index is 0.290. The van der Waals surface area contributed by atoms with Crippen molar-refractivity contribution in [2.75, 3.05) is 25.1 Å². The van der Waals surface area contributed by atoms with E-state index in [0.29, 0.717) is 13.2 Å². The van der Waals surface area contributed by atoms with Gasteiger partial charge in [-0.3, -0.25) is 4.99 Å². The van der Waals surface area contributed by atoms with Crippen molar-refractivity contribution in [2.24, 2.45) is 4.99 Å². The lowest BCUT2D eigenvalue weighted by Gasteiger charge is -2.27. The zero-order valence-corrected chi connectivity index (χ0v) is 11.1. The van der Waals surface area contributed by atoms with Crippen molar-refractivity contribution >= 4 is 11.6 Å². The third-order valence-electron chi connectivity index (χ3n) is 2.89. The van der Waals surface area contributed by atoms with Gasteiger partial charge in [0.2, 0.25) is 0 Å². The summed E-state index contributed by atoms with van der Waals surface area (Å²) in [6.07, 6.45) is 1.05. The second-order valence-corrected chi connectivity index (χ2v) is 4.42. The maximum absolute atomic E-state index is 5.41. The molecule has 98 valence electrons. The second kappa shape index (κ2) is 6.40. The van der Waals surface area contributed by atoms with Crippen LogP contribution in [0, 0.1) is 0 Å². The number of rotatable bonds is 5. The highest BCUT2D eigenvalue weighted by Gasteiger charge is 2.17. The van der Waals surface area contributed by atoms with Crippen molar-refractivity contribution in [3.63, 3.8) is 0 Å². The van der Waals surface area contributed by atoms with Crippen LogP contribution in [0.4, 0.5) is 5.69 Å². The monoisotopic (exact) mass is 247 g/mol. The van der Waals surface area contributed by atoms with Gasteiger partial charge < -0.3 is 15.4 Å². The zero-order valence-electron chi connectivity index (χ0n) is 11.1. The highest BCUT2D eigenvalue weighted by atomic mass is 16.5. The topological polar surface area (TPSA) is 45.6 Å². The lowest BCUT2D eigenvalue weighted by Crippen LogP contribution is -2.38. The van der Waals surface area contributed by atoms with Crippen LogP contribution < -0.4 is 10.6 Å². The van der Waals surface area contributed by atoms with E-state index >= 15 is 0 Å². The summed E-state index contributed by atoms with van der Waals surface area (Å²) in [6, 6.07) is 8.58. The molecule has 0 bridgehead atoms. The summed E-state index contributed by atoms with van der Waals surface area (Å²) in [5.41, 5.74) is 2.41. The molecule has 1 atom stereocenters. The average molecular weight is 247 g/mol. The predicted molar refractivity (Wildman–Crippen MR) is 75.0 cm³/mol. The van der Waals surface area contributed by atoms with Gasteiger partial charge in [0, 0.05) is 12.3 Å². The van der Waals surface area contributed by atoms with Gasteiger partial charge in [0.05, 0.1) is 19.2 Å². The van der Waals surface area contributed by atoms with E-state index in [9.17, 15) is 0 Å². The Bertz CT molecular complexity index is 417. The lowest BCUT2D eigenvalue weighted by atomic mass is 10.0. The Labute approximate surface area is 108 Å². The smallest absolute Gasteiger partial charge is 0.196 e. The predicted octanol–water partition coefficient (Wildman–Crippen LogP) is 2.55. The van der Waals surface area contributed by atoms with E-state index in [1.165, 1.54) is 5.56 Å². The largest absolute Gasteiger partial charge is 0.380 e. The summed E-state index contributed by atoms with van der Waals surface area (Å²) >= 11 is 0. The van der Waals surface area contributed by atoms with Gasteiger partial charge in [-0.1, -0.05) is 25.1 Å². The highest BCUT2D eigenvalue weighted by molar-refractivity contribution is 5.96. The van der Waals surface area contributed by atoms with Gasteiger partial charge in [-0.25, -0.2) is 0 Å². The van der Waals surface area contributed by atoms with E-state index < -0.39 is 0 Å². The fraction of sp³-hybridized carbons (Fsp3) is 0.500. The van der Waals surface area contributed by atoms with Crippen LogP contribution in [0.25, 0.3) is 0 Å². The van der Waals surface area contributed by atoms with Gasteiger partial charge in [0.15, 0.2) is 5.96 Å². The molecule has 4 heteroatoms. The third-order valence-corrected chi connectivity index (χ3v) is 2.89. The Morgan fingerprint density at radius 3 is 2.94 bits per heavy atom. The Balaban J connectivity index is 1.92. The van der Waals surface area contributed by atoms with Crippen molar-refractivity contribution < 1.29 is 4.74 Å². The van der Waals surface area contributed by atoms with Crippen molar-refractivity contribution in [3.8, 4) is 0 Å². The van der Waals surface area contributed by atoms with Crippen LogP contribution in [-0.2, 0) is 4.74 Å². The Morgan fingerprint density at radius 1 is 1.28 bits per heavy atom. The fourth-order valence-electron chi connectivity index (χ4n) is 1.99. The number of benzene rings is 1. The van der Waals surface area contributed by atoms with Gasteiger partial charge >= 0.3 is 0 Å². The summed E-state index contributed by atoms with van der Waals surface area (Å²) in [7, 11) is 0. The number of para-hydroxylation sites is 1. The van der Waals surface area contributed by atoms with Crippen LogP contribution in [0.1, 0.15) is 31.9 Å². The number of aliphatic imine (C=N–C) groups is 1. The molecule has 0 spiro atoms. The first kappa shape index (κ1) is 12.9. The molecule has 0 radical (unpaired) electrons. The molecule has 1 heterocycles. The molecular formula is C14H21N3O. The van der Waals surface area contributed by atoms with E-state index in [1.807, 2.05) is 6.07 Å². The minimum Gasteiger partial charge on any atom is -0.380 e. The molecule has 18 heavy (non-hydrogen) atoms. The summed E-state index contributed by atoms with van der Waals surface area (Å²) in [5.74, 6) is 0.835. The Morgan fingerprint density at radius 2 is 2.11 bits per heavy atom. The van der Waals surface area contributed by atoms with Crippen LogP contribution in [0.5, 0.6) is 0 Å². The molecular weight excluding hydrogens is 226 g/mol. The summed E-state index contributed by atoms with van der Waals surface area (Å²) in [6.45, 7) is 6.42. The van der Waals surface area contributed by atoms with Gasteiger partial charge in [-0.05, 0) is 25.0 Å². The van der Waals surface area contributed by atoms with Crippen LogP contribution in [0.15, 0.2) is 29.3 Å². The van der Waals surface area contributed by atoms with Gasteiger partial charge in [-0.2, -0.15) is 0 Å². The van der Waals surface area contributed by atoms with Crippen LogP contribution in [0.2, 0.25) is 0 Å². The standard InChI is InChI=1S/C14H21N3O/c1-3-9-18-10-8-15-14-16-11(2)12-6-4-5-7-13(12)17-14/h4-7,11H,3,8-10H2,1-2H3,(H2,15,16,17). The van der Waals surface area contributed by atoms with Crippen molar-refractivity contribution in [1.29, 1.82) is 0 Å². The maximum Gasteiger partial charge on any atom is 0.196 e. The normalized spacial score (nSPS) is 20.1. The lowest BCUT2D eigenvalue weighted by molar-refractivity contribution is 0.142. The molecule has 0 aliphatic carbocycles. The molecule has 0 saturated carbocycles. The van der Waals surface area contributed by atoms with E-state index in [0.717, 1.165) is 24.7 Å². The minimum absolute atomic E-state index is 0.290. The molecule has 2 rings (SSSR count). The van der Waals surface area contributed by atoms with Gasteiger partial charge in [-0.15, -0.1) is 0 Å². The number of ether oxygens (including phenoxy) is 1. The molecule has 1 aliphatic heterocycles. The fourth-order valence-corrected chi connectivity index (χ4v) is 1.99. The van der Waals surface area contributed by atoms with Crippen LogP contribution in [-0.4, -0.2) is 25.7 Å². The van der Waals surface area contributed by atoms with E-state index in [4.69, 9.17) is 4.74 Å². The molecule has 1 aromatic rings. The molecule has 1 aromatic carbocycles. The molecule has 1 unspecified atom stereocenters. The number of hydrogen-bond donors (Lipinski definition) is 2. The molecule has 0 amide bonds. The van der Waals surface area contributed by atoms with Crippen molar-refractivity contribution in [2.45, 2.75) is 26.3 Å². The van der Waals surface area contributed by atoms with Crippen molar-refractivity contribution in [1.82, 2.24) is 5.32 Å². The third kappa shape index (κ3) is 3.23.